The predicted octanol–water partition coefficient (Wildman–Crippen LogP) is 3.64. The number of carbonyl (C=O) groups excluding carboxylic acids is 1. The molecule has 1 aliphatic carbocycles. The molecule has 1 atom stereocenters. The van der Waals surface area contributed by atoms with Crippen LogP contribution < -0.4 is 15.3 Å². The van der Waals surface area contributed by atoms with Crippen molar-refractivity contribution in [3.05, 3.63) is 69.6 Å². The molecule has 1 unspecified atom stereocenters. The number of carbonyl (C=O) groups is 1. The lowest BCUT2D eigenvalue weighted by Gasteiger charge is -2.22. The Bertz CT molecular complexity index is 1150. The molecule has 0 bridgehead atoms. The topological polar surface area (TPSA) is 59.8 Å². The third-order valence-corrected chi connectivity index (χ3v) is 5.78. The molecular formula is C23H21NO4. The maximum atomic E-state index is 12.8. The normalized spacial score (nSPS) is 17.6. The molecule has 2 aromatic carbocycles. The second kappa shape index (κ2) is 6.51. The Morgan fingerprint density at radius 3 is 2.89 bits per heavy atom. The summed E-state index contributed by atoms with van der Waals surface area (Å²) in [7, 11) is 0. The number of nitrogens with zero attached hydrogens (tertiary/aromatic N) is 1. The molecule has 0 saturated heterocycles. The number of ether oxygens (including phenoxy) is 1. The monoisotopic (exact) mass is 375 g/mol. The number of amides is 1. The van der Waals surface area contributed by atoms with E-state index in [2.05, 4.69) is 6.07 Å². The van der Waals surface area contributed by atoms with E-state index in [0.29, 0.717) is 11.3 Å². The third-order valence-electron chi connectivity index (χ3n) is 5.78. The molecule has 28 heavy (non-hydrogen) atoms. The van der Waals surface area contributed by atoms with Crippen LogP contribution in [0.5, 0.6) is 5.75 Å². The lowest BCUT2D eigenvalue weighted by molar-refractivity contribution is -0.120. The minimum Gasteiger partial charge on any atom is -0.484 e. The largest absolute Gasteiger partial charge is 0.484 e. The first-order chi connectivity index (χ1) is 13.6. The van der Waals surface area contributed by atoms with Crippen molar-refractivity contribution >= 4 is 22.6 Å². The smallest absolute Gasteiger partial charge is 0.339 e. The average molecular weight is 375 g/mol. The fourth-order valence-electron chi connectivity index (χ4n) is 4.51. The van der Waals surface area contributed by atoms with E-state index in [9.17, 15) is 9.59 Å². The highest BCUT2D eigenvalue weighted by Gasteiger charge is 2.30. The zero-order valence-electron chi connectivity index (χ0n) is 15.7. The highest BCUT2D eigenvalue weighted by Crippen LogP contribution is 2.32. The van der Waals surface area contributed by atoms with Crippen molar-refractivity contribution in [3.63, 3.8) is 0 Å². The Labute approximate surface area is 162 Å². The van der Waals surface area contributed by atoms with Crippen LogP contribution in [0, 0.1) is 0 Å². The zero-order chi connectivity index (χ0) is 19.3. The van der Waals surface area contributed by atoms with Gasteiger partial charge in [0.05, 0.1) is 0 Å². The highest BCUT2D eigenvalue weighted by atomic mass is 16.5. The van der Waals surface area contributed by atoms with Gasteiger partial charge < -0.3 is 14.1 Å². The minimum atomic E-state index is -0.254. The Kier molecular flexibility index (Phi) is 3.97. The Morgan fingerprint density at radius 2 is 2.00 bits per heavy atom. The number of rotatable bonds is 3. The highest BCUT2D eigenvalue weighted by molar-refractivity contribution is 5.97. The van der Waals surface area contributed by atoms with Gasteiger partial charge in [0.15, 0.2) is 6.61 Å². The van der Waals surface area contributed by atoms with Gasteiger partial charge in [0, 0.05) is 28.7 Å². The molecule has 3 aromatic rings. The van der Waals surface area contributed by atoms with Gasteiger partial charge in [-0.15, -0.1) is 0 Å². The Hall–Kier alpha value is -3.08. The van der Waals surface area contributed by atoms with Crippen LogP contribution >= 0.6 is 0 Å². The molecular weight excluding hydrogens is 354 g/mol. The van der Waals surface area contributed by atoms with Gasteiger partial charge in [-0.25, -0.2) is 4.79 Å². The molecule has 5 heteroatoms. The average Bonchev–Trinajstić information content (AvgIpc) is 3.30. The first kappa shape index (κ1) is 17.0. The number of fused-ring (bicyclic) bond motifs is 4. The van der Waals surface area contributed by atoms with E-state index < -0.39 is 0 Å². The molecule has 1 aliphatic heterocycles. The number of para-hydroxylation sites is 1. The standard InChI is InChI=1S/C23H21NO4/c1-14-11-15-5-2-3-8-20(15)24(14)22(25)13-27-16-9-10-18-17-6-4-7-19(17)23(26)28-21(18)12-16/h2-3,5,8-10,12,14H,4,6-7,11,13H2,1H3. The van der Waals surface area contributed by atoms with Gasteiger partial charge in [-0.1, -0.05) is 18.2 Å². The molecule has 1 amide bonds. The Morgan fingerprint density at radius 1 is 1.18 bits per heavy atom. The summed E-state index contributed by atoms with van der Waals surface area (Å²) >= 11 is 0. The molecule has 0 saturated carbocycles. The summed E-state index contributed by atoms with van der Waals surface area (Å²) in [5.41, 5.74) is 4.31. The molecule has 0 fully saturated rings. The predicted molar refractivity (Wildman–Crippen MR) is 107 cm³/mol. The van der Waals surface area contributed by atoms with Gasteiger partial charge in [-0.2, -0.15) is 0 Å². The van der Waals surface area contributed by atoms with Gasteiger partial charge in [-0.05, 0) is 61.9 Å². The lowest BCUT2D eigenvalue weighted by atomic mass is 10.1. The fraction of sp³-hybridized carbons (Fsp3) is 0.304. The van der Waals surface area contributed by atoms with Crippen molar-refractivity contribution in [2.75, 3.05) is 11.5 Å². The first-order valence-electron chi connectivity index (χ1n) is 9.73. The van der Waals surface area contributed by atoms with Crippen LogP contribution in [-0.2, 0) is 24.1 Å². The molecule has 1 aromatic heterocycles. The maximum absolute atomic E-state index is 12.8. The van der Waals surface area contributed by atoms with Crippen LogP contribution in [0.3, 0.4) is 0 Å². The van der Waals surface area contributed by atoms with Crippen LogP contribution in [0.4, 0.5) is 5.69 Å². The van der Waals surface area contributed by atoms with Crippen molar-refractivity contribution in [2.24, 2.45) is 0 Å². The fourth-order valence-corrected chi connectivity index (χ4v) is 4.51. The lowest BCUT2D eigenvalue weighted by Crippen LogP contribution is -2.39. The summed E-state index contributed by atoms with van der Waals surface area (Å²) in [5.74, 6) is 0.454. The molecule has 5 rings (SSSR count). The van der Waals surface area contributed by atoms with Crippen LogP contribution in [0.2, 0.25) is 0 Å². The van der Waals surface area contributed by atoms with E-state index in [1.54, 1.807) is 6.07 Å². The Balaban J connectivity index is 1.37. The van der Waals surface area contributed by atoms with Gasteiger partial charge in [0.25, 0.3) is 5.91 Å². The van der Waals surface area contributed by atoms with E-state index in [-0.39, 0.29) is 24.2 Å². The second-order valence-corrected chi connectivity index (χ2v) is 7.59. The van der Waals surface area contributed by atoms with Gasteiger partial charge in [0.1, 0.15) is 11.3 Å². The van der Waals surface area contributed by atoms with Crippen LogP contribution in [0.1, 0.15) is 30.0 Å². The van der Waals surface area contributed by atoms with E-state index in [1.807, 2.05) is 42.2 Å². The molecule has 0 N–H and O–H groups in total. The van der Waals surface area contributed by atoms with E-state index in [1.165, 1.54) is 5.56 Å². The SMILES string of the molecule is CC1Cc2ccccc2N1C(=O)COc1ccc2c3c(c(=O)oc2c1)CCC3. The zero-order valence-corrected chi connectivity index (χ0v) is 15.7. The van der Waals surface area contributed by atoms with Crippen molar-refractivity contribution in [2.45, 2.75) is 38.6 Å². The van der Waals surface area contributed by atoms with Crippen molar-refractivity contribution in [1.29, 1.82) is 0 Å². The van der Waals surface area contributed by atoms with Crippen molar-refractivity contribution in [1.82, 2.24) is 0 Å². The van der Waals surface area contributed by atoms with E-state index in [0.717, 1.165) is 47.9 Å². The summed E-state index contributed by atoms with van der Waals surface area (Å²) in [6.45, 7) is 1.99. The van der Waals surface area contributed by atoms with Gasteiger partial charge in [0.2, 0.25) is 0 Å². The number of benzene rings is 2. The van der Waals surface area contributed by atoms with Crippen LogP contribution in [0.15, 0.2) is 51.7 Å². The summed E-state index contributed by atoms with van der Waals surface area (Å²) in [5, 5.41) is 0.966. The maximum Gasteiger partial charge on any atom is 0.339 e. The van der Waals surface area contributed by atoms with Crippen LogP contribution in [-0.4, -0.2) is 18.6 Å². The molecule has 0 spiro atoms. The summed E-state index contributed by atoms with van der Waals surface area (Å²) < 4.78 is 11.2. The molecule has 2 aliphatic rings. The number of anilines is 1. The van der Waals surface area contributed by atoms with E-state index >= 15 is 0 Å². The number of hydrogen-bond acceptors (Lipinski definition) is 4. The van der Waals surface area contributed by atoms with Gasteiger partial charge >= 0.3 is 5.63 Å². The van der Waals surface area contributed by atoms with Crippen LogP contribution in [0.25, 0.3) is 11.0 Å². The van der Waals surface area contributed by atoms with E-state index in [4.69, 9.17) is 9.15 Å². The molecule has 142 valence electrons. The first-order valence-corrected chi connectivity index (χ1v) is 9.73. The van der Waals surface area contributed by atoms with Gasteiger partial charge in [-0.3, -0.25) is 4.79 Å². The number of hydrogen-bond donors (Lipinski definition) is 0. The summed E-state index contributed by atoms with van der Waals surface area (Å²) in [6, 6.07) is 13.6. The quantitative estimate of drug-likeness (QED) is 0.656. The molecule has 2 heterocycles. The van der Waals surface area contributed by atoms with Crippen molar-refractivity contribution in [3.8, 4) is 5.75 Å². The molecule has 5 nitrogen and oxygen atoms in total. The second-order valence-electron chi connectivity index (χ2n) is 7.59. The summed E-state index contributed by atoms with van der Waals surface area (Å²) in [6.07, 6.45) is 3.54. The minimum absolute atomic E-state index is 0.0562. The third kappa shape index (κ3) is 2.70. The number of aryl methyl sites for hydroxylation is 1. The summed E-state index contributed by atoms with van der Waals surface area (Å²) in [4.78, 5) is 26.8. The van der Waals surface area contributed by atoms with Crippen molar-refractivity contribution < 1.29 is 13.9 Å². The molecule has 0 radical (unpaired) electrons.